The largest absolute Gasteiger partial charge is 0.494 e. The van der Waals surface area contributed by atoms with E-state index < -0.39 is 33.9 Å². The van der Waals surface area contributed by atoms with Crippen molar-refractivity contribution in [1.29, 1.82) is 0 Å². The Morgan fingerprint density at radius 3 is 2.35 bits per heavy atom. The Labute approximate surface area is 98.3 Å². The van der Waals surface area contributed by atoms with Gasteiger partial charge in [0, 0.05) is 0 Å². The highest BCUT2D eigenvalue weighted by Crippen LogP contribution is 2.26. The minimum atomic E-state index is -3.76. The minimum Gasteiger partial charge on any atom is -0.494 e. The number of aryl methyl sites for hydroxylation is 1. The van der Waals surface area contributed by atoms with Crippen LogP contribution in [0.5, 0.6) is 5.75 Å². The Kier molecular flexibility index (Phi) is 4.05. The maximum Gasteiger partial charge on any atom is 0.264 e. The van der Waals surface area contributed by atoms with E-state index in [1.54, 1.807) is 0 Å². The van der Waals surface area contributed by atoms with Crippen LogP contribution in [0.3, 0.4) is 0 Å². The van der Waals surface area contributed by atoms with E-state index in [4.69, 9.17) is 4.74 Å². The molecule has 0 aliphatic rings. The Bertz CT molecular complexity index is 526. The van der Waals surface area contributed by atoms with Crippen LogP contribution in [-0.4, -0.2) is 21.8 Å². The number of benzene rings is 1. The van der Waals surface area contributed by atoms with Gasteiger partial charge in [-0.2, -0.15) is 8.42 Å². The Morgan fingerprint density at radius 2 is 1.88 bits per heavy atom. The van der Waals surface area contributed by atoms with Crippen molar-refractivity contribution in [3.8, 4) is 5.75 Å². The highest BCUT2D eigenvalue weighted by Gasteiger charge is 2.18. The Morgan fingerprint density at radius 1 is 1.29 bits per heavy atom. The first-order valence-corrected chi connectivity index (χ1v) is 6.43. The molecule has 0 fully saturated rings. The monoisotopic (exact) mass is 266 g/mol. The van der Waals surface area contributed by atoms with Crippen molar-refractivity contribution >= 4 is 10.1 Å². The standard InChI is InChI=1S/C10H12F2O4S/c1-6-4-8(15-2)10(12)7(9(6)11)5-16-17(3,13)14/h4H,5H2,1-3H3. The quantitative estimate of drug-likeness (QED) is 0.779. The second-order valence-electron chi connectivity index (χ2n) is 3.47. The molecule has 0 aliphatic heterocycles. The Balaban J connectivity index is 3.18. The van der Waals surface area contributed by atoms with Crippen LogP contribution in [0.15, 0.2) is 6.07 Å². The molecule has 1 aromatic carbocycles. The minimum absolute atomic E-state index is 0.148. The summed E-state index contributed by atoms with van der Waals surface area (Å²) in [5, 5.41) is 0. The predicted molar refractivity (Wildman–Crippen MR) is 57.3 cm³/mol. The normalized spacial score (nSPS) is 11.6. The molecular weight excluding hydrogens is 254 g/mol. The van der Waals surface area contributed by atoms with Crippen molar-refractivity contribution in [3.05, 3.63) is 28.8 Å². The SMILES string of the molecule is COc1cc(C)c(F)c(COS(C)(=O)=O)c1F. The van der Waals surface area contributed by atoms with Crippen LogP contribution in [0, 0.1) is 18.6 Å². The van der Waals surface area contributed by atoms with Crippen molar-refractivity contribution in [2.24, 2.45) is 0 Å². The number of hydrogen-bond donors (Lipinski definition) is 0. The average Bonchev–Trinajstić information content (AvgIpc) is 2.22. The van der Waals surface area contributed by atoms with Crippen LogP contribution < -0.4 is 4.74 Å². The van der Waals surface area contributed by atoms with E-state index in [2.05, 4.69) is 4.18 Å². The summed E-state index contributed by atoms with van der Waals surface area (Å²) >= 11 is 0. The van der Waals surface area contributed by atoms with Crippen molar-refractivity contribution in [2.75, 3.05) is 13.4 Å². The third-order valence-corrected chi connectivity index (χ3v) is 2.62. The second-order valence-corrected chi connectivity index (χ2v) is 5.11. The van der Waals surface area contributed by atoms with Gasteiger partial charge in [0.25, 0.3) is 10.1 Å². The molecule has 0 saturated carbocycles. The van der Waals surface area contributed by atoms with Gasteiger partial charge in [0.2, 0.25) is 0 Å². The fourth-order valence-corrected chi connectivity index (χ4v) is 1.58. The van der Waals surface area contributed by atoms with Gasteiger partial charge in [0.1, 0.15) is 5.82 Å². The molecule has 1 rings (SSSR count). The third-order valence-electron chi connectivity index (χ3n) is 2.08. The summed E-state index contributed by atoms with van der Waals surface area (Å²) in [6, 6.07) is 1.19. The summed E-state index contributed by atoms with van der Waals surface area (Å²) in [6.07, 6.45) is 0.801. The summed E-state index contributed by atoms with van der Waals surface area (Å²) < 4.78 is 57.8. The molecule has 0 heterocycles. The molecule has 0 unspecified atom stereocenters. The lowest BCUT2D eigenvalue weighted by molar-refractivity contribution is 0.293. The summed E-state index contributed by atoms with van der Waals surface area (Å²) in [7, 11) is -2.53. The molecule has 7 heteroatoms. The van der Waals surface area contributed by atoms with Gasteiger partial charge in [-0.05, 0) is 18.6 Å². The first-order chi connectivity index (χ1) is 7.76. The van der Waals surface area contributed by atoms with Crippen LogP contribution in [-0.2, 0) is 20.9 Å². The first-order valence-electron chi connectivity index (χ1n) is 4.62. The van der Waals surface area contributed by atoms with E-state index in [1.807, 2.05) is 0 Å². The zero-order chi connectivity index (χ0) is 13.2. The third kappa shape index (κ3) is 3.37. The van der Waals surface area contributed by atoms with Crippen LogP contribution in [0.25, 0.3) is 0 Å². The van der Waals surface area contributed by atoms with Gasteiger partial charge < -0.3 is 4.74 Å². The Hall–Kier alpha value is -1.21. The maximum atomic E-state index is 13.6. The molecular formula is C10H12F2O4S. The topological polar surface area (TPSA) is 52.6 Å². The van der Waals surface area contributed by atoms with E-state index >= 15 is 0 Å². The number of hydrogen-bond acceptors (Lipinski definition) is 4. The van der Waals surface area contributed by atoms with Crippen LogP contribution in [0.4, 0.5) is 8.78 Å². The van der Waals surface area contributed by atoms with Gasteiger partial charge in [0.05, 0.1) is 25.5 Å². The molecule has 0 aromatic heterocycles. The number of rotatable bonds is 4. The molecule has 17 heavy (non-hydrogen) atoms. The van der Waals surface area contributed by atoms with Crippen molar-refractivity contribution in [2.45, 2.75) is 13.5 Å². The van der Waals surface area contributed by atoms with E-state index in [0.717, 1.165) is 6.26 Å². The fourth-order valence-electron chi connectivity index (χ4n) is 1.25. The zero-order valence-electron chi connectivity index (χ0n) is 9.58. The molecule has 4 nitrogen and oxygen atoms in total. The summed E-state index contributed by atoms with van der Waals surface area (Å²) in [6.45, 7) is 0.718. The summed E-state index contributed by atoms with van der Waals surface area (Å²) in [5.41, 5.74) is -0.317. The molecule has 0 atom stereocenters. The number of halogens is 2. The van der Waals surface area contributed by atoms with Crippen LogP contribution in [0.2, 0.25) is 0 Å². The summed E-state index contributed by atoms with van der Waals surface area (Å²) in [4.78, 5) is 0. The molecule has 0 bridgehead atoms. The van der Waals surface area contributed by atoms with Crippen molar-refractivity contribution in [3.63, 3.8) is 0 Å². The first kappa shape index (κ1) is 13.9. The van der Waals surface area contributed by atoms with Gasteiger partial charge in [-0.25, -0.2) is 8.78 Å². The summed E-state index contributed by atoms with van der Waals surface area (Å²) in [5.74, 6) is -1.96. The van der Waals surface area contributed by atoms with E-state index in [-0.39, 0.29) is 11.3 Å². The fraction of sp³-hybridized carbons (Fsp3) is 0.400. The average molecular weight is 266 g/mol. The molecule has 0 saturated heterocycles. The molecule has 0 aliphatic carbocycles. The van der Waals surface area contributed by atoms with Crippen molar-refractivity contribution in [1.82, 2.24) is 0 Å². The lowest BCUT2D eigenvalue weighted by Crippen LogP contribution is -2.08. The van der Waals surface area contributed by atoms with Gasteiger partial charge >= 0.3 is 0 Å². The van der Waals surface area contributed by atoms with Gasteiger partial charge in [-0.3, -0.25) is 4.18 Å². The van der Waals surface area contributed by atoms with E-state index in [9.17, 15) is 17.2 Å². The molecule has 0 amide bonds. The molecule has 1 aromatic rings. The number of ether oxygens (including phenoxy) is 1. The van der Waals surface area contributed by atoms with Crippen molar-refractivity contribution < 1.29 is 26.1 Å². The highest BCUT2D eigenvalue weighted by molar-refractivity contribution is 7.85. The molecule has 0 radical (unpaired) electrons. The van der Waals surface area contributed by atoms with E-state index in [1.165, 1.54) is 20.1 Å². The maximum absolute atomic E-state index is 13.6. The van der Waals surface area contributed by atoms with Gasteiger partial charge in [-0.15, -0.1) is 0 Å². The van der Waals surface area contributed by atoms with E-state index in [0.29, 0.717) is 0 Å². The molecule has 0 N–H and O–H groups in total. The smallest absolute Gasteiger partial charge is 0.264 e. The molecule has 0 spiro atoms. The lowest BCUT2D eigenvalue weighted by Gasteiger charge is -2.10. The lowest BCUT2D eigenvalue weighted by atomic mass is 10.1. The van der Waals surface area contributed by atoms with Crippen LogP contribution >= 0.6 is 0 Å². The van der Waals surface area contributed by atoms with Crippen LogP contribution in [0.1, 0.15) is 11.1 Å². The highest BCUT2D eigenvalue weighted by atomic mass is 32.2. The predicted octanol–water partition coefficient (Wildman–Crippen LogP) is 1.76. The zero-order valence-corrected chi connectivity index (χ0v) is 10.4. The van der Waals surface area contributed by atoms with Gasteiger partial charge in [0.15, 0.2) is 11.6 Å². The van der Waals surface area contributed by atoms with Gasteiger partial charge in [-0.1, -0.05) is 0 Å². The number of methoxy groups -OCH3 is 1. The second kappa shape index (κ2) is 4.97. The molecule has 96 valence electrons.